The van der Waals surface area contributed by atoms with Gasteiger partial charge in [-0.15, -0.1) is 0 Å². The van der Waals surface area contributed by atoms with Crippen LogP contribution < -0.4 is 10.6 Å². The maximum Gasteiger partial charge on any atom is 0.324 e. The Balaban J connectivity index is 1.45. The first-order valence-corrected chi connectivity index (χ1v) is 9.45. The maximum absolute atomic E-state index is 12.1. The van der Waals surface area contributed by atoms with Crippen LogP contribution in [-0.2, 0) is 11.3 Å². The van der Waals surface area contributed by atoms with Crippen LogP contribution in [0.2, 0.25) is 0 Å². The summed E-state index contributed by atoms with van der Waals surface area (Å²) in [5.74, 6) is 0.579. The van der Waals surface area contributed by atoms with Crippen molar-refractivity contribution in [3.8, 4) is 0 Å². The summed E-state index contributed by atoms with van der Waals surface area (Å²) in [5.41, 5.74) is 1.01. The number of amides is 1. The summed E-state index contributed by atoms with van der Waals surface area (Å²) >= 11 is 1.19. The van der Waals surface area contributed by atoms with E-state index in [0.717, 1.165) is 64.0 Å². The summed E-state index contributed by atoms with van der Waals surface area (Å²) < 4.78 is 0. The molecule has 0 aromatic carbocycles. The Bertz CT molecular complexity index is 586. The fourth-order valence-corrected chi connectivity index (χ4v) is 4.26. The molecule has 3 rings (SSSR count). The molecule has 8 heteroatoms. The van der Waals surface area contributed by atoms with Crippen molar-refractivity contribution in [3.63, 3.8) is 0 Å². The number of nitrogens with one attached hydrogen (secondary N) is 2. The number of piperidine rings is 1. The lowest BCUT2D eigenvalue weighted by Gasteiger charge is -2.32. The lowest BCUT2D eigenvalue weighted by atomic mass is 9.97. The Morgan fingerprint density at radius 1 is 1.46 bits per heavy atom. The van der Waals surface area contributed by atoms with Gasteiger partial charge in [0.05, 0.1) is 11.0 Å². The number of carbonyl (C=O) groups excluding carboxylic acids is 1. The van der Waals surface area contributed by atoms with E-state index in [0.29, 0.717) is 5.92 Å². The molecule has 24 heavy (non-hydrogen) atoms. The van der Waals surface area contributed by atoms with Crippen LogP contribution in [0.1, 0.15) is 31.2 Å². The van der Waals surface area contributed by atoms with Crippen molar-refractivity contribution in [1.82, 2.24) is 15.5 Å². The second-order valence-corrected chi connectivity index (χ2v) is 7.58. The first kappa shape index (κ1) is 17.3. The van der Waals surface area contributed by atoms with Crippen LogP contribution >= 0.6 is 11.3 Å². The minimum absolute atomic E-state index is 0.0175. The summed E-state index contributed by atoms with van der Waals surface area (Å²) in [6.07, 6.45) is 4.23. The lowest BCUT2D eigenvalue weighted by molar-refractivity contribution is -0.380. The third-order valence-corrected chi connectivity index (χ3v) is 5.70. The van der Waals surface area contributed by atoms with Gasteiger partial charge in [0.15, 0.2) is 0 Å². The highest BCUT2D eigenvalue weighted by molar-refractivity contribution is 7.13. The first-order chi connectivity index (χ1) is 11.6. The molecule has 0 spiro atoms. The molecule has 1 aromatic rings. The molecule has 2 fully saturated rings. The number of thiophene rings is 1. The maximum atomic E-state index is 12.1. The van der Waals surface area contributed by atoms with Crippen molar-refractivity contribution in [2.24, 2.45) is 5.92 Å². The zero-order valence-corrected chi connectivity index (χ0v) is 14.5. The molecule has 1 amide bonds. The lowest BCUT2D eigenvalue weighted by Crippen LogP contribution is -2.45. The molecular formula is C16H24N4O3S. The summed E-state index contributed by atoms with van der Waals surface area (Å²) in [5, 5.41) is 19.2. The number of nitro groups is 1. The standard InChI is InChI=1S/C16H24N4O3S/c21-16(14-4-1-5-17-14)18-8-12-3-2-6-19(9-12)10-13-7-15(20(22)23)24-11-13/h7,11-12,14,17H,1-6,8-10H2,(H,18,21). The van der Waals surface area contributed by atoms with Gasteiger partial charge in [-0.05, 0) is 50.3 Å². The summed E-state index contributed by atoms with van der Waals surface area (Å²) in [4.78, 5) is 24.9. The third-order valence-electron chi connectivity index (χ3n) is 4.77. The van der Waals surface area contributed by atoms with E-state index < -0.39 is 0 Å². The van der Waals surface area contributed by atoms with Crippen LogP contribution in [0.5, 0.6) is 0 Å². The number of rotatable bonds is 6. The van der Waals surface area contributed by atoms with Crippen molar-refractivity contribution >= 4 is 22.2 Å². The Morgan fingerprint density at radius 2 is 2.33 bits per heavy atom. The Labute approximate surface area is 145 Å². The average molecular weight is 352 g/mol. The molecule has 0 radical (unpaired) electrons. The van der Waals surface area contributed by atoms with Gasteiger partial charge < -0.3 is 10.6 Å². The largest absolute Gasteiger partial charge is 0.354 e. The number of hydrogen-bond acceptors (Lipinski definition) is 6. The molecule has 3 heterocycles. The predicted octanol–water partition coefficient (Wildman–Crippen LogP) is 1.74. The molecule has 2 N–H and O–H groups in total. The Morgan fingerprint density at radius 3 is 3.04 bits per heavy atom. The van der Waals surface area contributed by atoms with Gasteiger partial charge in [-0.2, -0.15) is 0 Å². The zero-order chi connectivity index (χ0) is 16.9. The third kappa shape index (κ3) is 4.52. The van der Waals surface area contributed by atoms with Gasteiger partial charge in [0.2, 0.25) is 5.91 Å². The quantitative estimate of drug-likeness (QED) is 0.601. The fourth-order valence-electron chi connectivity index (χ4n) is 3.54. The van der Waals surface area contributed by atoms with E-state index in [4.69, 9.17) is 0 Å². The SMILES string of the molecule is O=C(NCC1CCCN(Cc2csc([N+](=O)[O-])c2)C1)C1CCCN1. The Kier molecular flexibility index (Phi) is 5.80. The Hall–Kier alpha value is -1.51. The summed E-state index contributed by atoms with van der Waals surface area (Å²) in [6, 6.07) is 1.65. The summed E-state index contributed by atoms with van der Waals surface area (Å²) in [7, 11) is 0. The van der Waals surface area contributed by atoms with Gasteiger partial charge in [-0.25, -0.2) is 0 Å². The fraction of sp³-hybridized carbons (Fsp3) is 0.688. The molecule has 2 saturated heterocycles. The van der Waals surface area contributed by atoms with E-state index in [2.05, 4.69) is 15.5 Å². The van der Waals surface area contributed by atoms with E-state index in [-0.39, 0.29) is 21.9 Å². The predicted molar refractivity (Wildman–Crippen MR) is 93.0 cm³/mol. The molecule has 0 bridgehead atoms. The van der Waals surface area contributed by atoms with Crippen molar-refractivity contribution in [1.29, 1.82) is 0 Å². The molecule has 2 unspecified atom stereocenters. The molecule has 1 aromatic heterocycles. The van der Waals surface area contributed by atoms with Crippen LogP contribution in [0.3, 0.4) is 0 Å². The number of hydrogen-bond donors (Lipinski definition) is 2. The normalized spacial score (nSPS) is 24.8. The minimum Gasteiger partial charge on any atom is -0.354 e. The van der Waals surface area contributed by atoms with Gasteiger partial charge in [0.1, 0.15) is 0 Å². The van der Waals surface area contributed by atoms with Crippen LogP contribution in [0.4, 0.5) is 5.00 Å². The molecule has 2 aliphatic heterocycles. The van der Waals surface area contributed by atoms with Gasteiger partial charge in [0.25, 0.3) is 0 Å². The van der Waals surface area contributed by atoms with Gasteiger partial charge in [-0.1, -0.05) is 11.3 Å². The van der Waals surface area contributed by atoms with Crippen molar-refractivity contribution in [3.05, 3.63) is 27.1 Å². The minimum atomic E-state index is -0.334. The first-order valence-electron chi connectivity index (χ1n) is 8.57. The molecule has 0 saturated carbocycles. The van der Waals surface area contributed by atoms with E-state index in [1.54, 1.807) is 6.07 Å². The number of nitrogens with zero attached hydrogens (tertiary/aromatic N) is 2. The zero-order valence-electron chi connectivity index (χ0n) is 13.7. The van der Waals surface area contributed by atoms with Crippen LogP contribution in [0, 0.1) is 16.0 Å². The highest BCUT2D eigenvalue weighted by Crippen LogP contribution is 2.25. The van der Waals surface area contributed by atoms with E-state index >= 15 is 0 Å². The van der Waals surface area contributed by atoms with Crippen LogP contribution in [0.25, 0.3) is 0 Å². The highest BCUT2D eigenvalue weighted by Gasteiger charge is 2.25. The molecule has 7 nitrogen and oxygen atoms in total. The molecule has 132 valence electrons. The highest BCUT2D eigenvalue weighted by atomic mass is 32.1. The van der Waals surface area contributed by atoms with Crippen molar-refractivity contribution < 1.29 is 9.72 Å². The monoisotopic (exact) mass is 352 g/mol. The van der Waals surface area contributed by atoms with Gasteiger partial charge in [-0.3, -0.25) is 19.8 Å². The van der Waals surface area contributed by atoms with E-state index in [1.807, 2.05) is 5.38 Å². The van der Waals surface area contributed by atoms with Crippen LogP contribution in [-0.4, -0.2) is 48.0 Å². The second-order valence-electron chi connectivity index (χ2n) is 6.69. The van der Waals surface area contributed by atoms with Crippen molar-refractivity contribution in [2.75, 3.05) is 26.2 Å². The number of likely N-dealkylation sites (tertiary alicyclic amines) is 1. The molecule has 0 aliphatic carbocycles. The van der Waals surface area contributed by atoms with Gasteiger partial charge in [0, 0.05) is 31.1 Å². The van der Waals surface area contributed by atoms with Gasteiger partial charge >= 0.3 is 5.00 Å². The van der Waals surface area contributed by atoms with E-state index in [1.165, 1.54) is 11.3 Å². The van der Waals surface area contributed by atoms with E-state index in [9.17, 15) is 14.9 Å². The van der Waals surface area contributed by atoms with Crippen molar-refractivity contribution in [2.45, 2.75) is 38.3 Å². The summed E-state index contributed by atoms with van der Waals surface area (Å²) in [6.45, 7) is 4.35. The molecule has 2 aliphatic rings. The van der Waals surface area contributed by atoms with Crippen LogP contribution in [0.15, 0.2) is 11.4 Å². The molecular weight excluding hydrogens is 328 g/mol. The molecule has 2 atom stereocenters. The topological polar surface area (TPSA) is 87.5 Å². The average Bonchev–Trinajstić information content (AvgIpc) is 3.24. The smallest absolute Gasteiger partial charge is 0.324 e. The second kappa shape index (κ2) is 8.04. The number of carbonyl (C=O) groups is 1.